The first-order valence-corrected chi connectivity index (χ1v) is 5.02. The van der Waals surface area contributed by atoms with Crippen LogP contribution in [0.3, 0.4) is 0 Å². The highest BCUT2D eigenvalue weighted by Gasteiger charge is 2.10. The molecule has 4 nitrogen and oxygen atoms in total. The molecule has 0 aromatic carbocycles. The minimum absolute atomic E-state index is 0.565. The molecule has 1 atom stereocenters. The van der Waals surface area contributed by atoms with Crippen molar-refractivity contribution in [2.45, 2.75) is 13.0 Å². The highest BCUT2D eigenvalue weighted by atomic mass is 32.1. The Morgan fingerprint density at radius 2 is 2.21 bits per heavy atom. The highest BCUT2D eigenvalue weighted by molar-refractivity contribution is 7.14. The lowest BCUT2D eigenvalue weighted by molar-refractivity contribution is 0.198. The van der Waals surface area contributed by atoms with E-state index in [1.165, 1.54) is 11.3 Å². The van der Waals surface area contributed by atoms with Crippen LogP contribution in [0.2, 0.25) is 0 Å². The predicted octanol–water partition coefficient (Wildman–Crippen LogP) is 1.65. The number of hydrogen-bond acceptors (Lipinski definition) is 5. The maximum absolute atomic E-state index is 9.27. The van der Waals surface area contributed by atoms with Crippen molar-refractivity contribution in [2.75, 3.05) is 0 Å². The Labute approximate surface area is 85.3 Å². The van der Waals surface area contributed by atoms with Gasteiger partial charge in [0.05, 0.1) is 0 Å². The van der Waals surface area contributed by atoms with E-state index in [9.17, 15) is 5.11 Å². The first-order valence-electron chi connectivity index (χ1n) is 4.20. The molecule has 1 unspecified atom stereocenters. The number of rotatable bonds is 2. The second kappa shape index (κ2) is 3.81. The van der Waals surface area contributed by atoms with Gasteiger partial charge in [-0.3, -0.25) is 4.98 Å². The van der Waals surface area contributed by atoms with Gasteiger partial charge >= 0.3 is 0 Å². The van der Waals surface area contributed by atoms with E-state index >= 15 is 0 Å². The van der Waals surface area contributed by atoms with Crippen LogP contribution >= 0.6 is 11.3 Å². The van der Waals surface area contributed by atoms with E-state index in [0.29, 0.717) is 5.01 Å². The normalized spacial score (nSPS) is 12.7. The average molecular weight is 207 g/mol. The minimum atomic E-state index is -0.565. The molecule has 2 aromatic rings. The summed E-state index contributed by atoms with van der Waals surface area (Å²) in [4.78, 5) is 4.15. The van der Waals surface area contributed by atoms with Crippen molar-refractivity contribution in [2.24, 2.45) is 0 Å². The van der Waals surface area contributed by atoms with Crippen LogP contribution in [-0.4, -0.2) is 20.3 Å². The zero-order chi connectivity index (χ0) is 9.97. The van der Waals surface area contributed by atoms with Crippen LogP contribution in [0.1, 0.15) is 18.0 Å². The predicted molar refractivity (Wildman–Crippen MR) is 53.8 cm³/mol. The third-order valence-electron chi connectivity index (χ3n) is 1.68. The summed E-state index contributed by atoms with van der Waals surface area (Å²) in [6, 6.07) is 5.61. The van der Waals surface area contributed by atoms with E-state index in [1.54, 1.807) is 13.1 Å². The second-order valence-corrected chi connectivity index (χ2v) is 3.85. The number of aliphatic hydroxyl groups is 1. The summed E-state index contributed by atoms with van der Waals surface area (Å²) >= 11 is 1.36. The van der Waals surface area contributed by atoms with Crippen molar-refractivity contribution in [1.29, 1.82) is 0 Å². The SMILES string of the molecule is CC(O)c1nnc(-c2ccccn2)s1. The van der Waals surface area contributed by atoms with Crippen LogP contribution in [0.25, 0.3) is 10.7 Å². The van der Waals surface area contributed by atoms with Gasteiger partial charge in [0.1, 0.15) is 16.8 Å². The molecule has 0 aliphatic carbocycles. The van der Waals surface area contributed by atoms with Gasteiger partial charge in [0.15, 0.2) is 5.01 Å². The van der Waals surface area contributed by atoms with Crippen LogP contribution < -0.4 is 0 Å². The molecule has 0 bridgehead atoms. The second-order valence-electron chi connectivity index (χ2n) is 2.84. The third-order valence-corrected chi connectivity index (χ3v) is 2.80. The minimum Gasteiger partial charge on any atom is -0.386 e. The highest BCUT2D eigenvalue weighted by Crippen LogP contribution is 2.24. The number of aromatic nitrogens is 3. The summed E-state index contributed by atoms with van der Waals surface area (Å²) in [7, 11) is 0. The lowest BCUT2D eigenvalue weighted by Gasteiger charge is -1.93. The zero-order valence-corrected chi connectivity index (χ0v) is 8.40. The fourth-order valence-electron chi connectivity index (χ4n) is 0.996. The maximum Gasteiger partial charge on any atom is 0.166 e. The molecule has 14 heavy (non-hydrogen) atoms. The molecule has 0 amide bonds. The number of pyridine rings is 1. The van der Waals surface area contributed by atoms with Crippen molar-refractivity contribution in [1.82, 2.24) is 15.2 Å². The lowest BCUT2D eigenvalue weighted by atomic mass is 10.4. The molecule has 0 radical (unpaired) electrons. The van der Waals surface area contributed by atoms with Gasteiger partial charge in [-0.2, -0.15) is 0 Å². The van der Waals surface area contributed by atoms with Gasteiger partial charge in [-0.05, 0) is 19.1 Å². The standard InChI is InChI=1S/C9H9N3OS/c1-6(13)8-11-12-9(14-8)7-4-2-3-5-10-7/h2-6,13H,1H3. The van der Waals surface area contributed by atoms with E-state index in [1.807, 2.05) is 18.2 Å². The van der Waals surface area contributed by atoms with Gasteiger partial charge in [0.25, 0.3) is 0 Å². The Kier molecular flexibility index (Phi) is 2.51. The Bertz CT molecular complexity index is 413. The summed E-state index contributed by atoms with van der Waals surface area (Å²) in [5.41, 5.74) is 0.789. The Morgan fingerprint density at radius 3 is 2.79 bits per heavy atom. The first-order chi connectivity index (χ1) is 6.77. The van der Waals surface area contributed by atoms with E-state index in [0.717, 1.165) is 10.7 Å². The maximum atomic E-state index is 9.27. The molecule has 2 aromatic heterocycles. The zero-order valence-electron chi connectivity index (χ0n) is 7.58. The van der Waals surface area contributed by atoms with E-state index in [4.69, 9.17) is 0 Å². The van der Waals surface area contributed by atoms with Gasteiger partial charge in [0, 0.05) is 6.20 Å². The average Bonchev–Trinajstić information content (AvgIpc) is 2.68. The monoisotopic (exact) mass is 207 g/mol. The summed E-state index contributed by atoms with van der Waals surface area (Å²) < 4.78 is 0. The van der Waals surface area contributed by atoms with Crippen molar-refractivity contribution in [3.05, 3.63) is 29.4 Å². The fourth-order valence-corrected chi connectivity index (χ4v) is 1.75. The van der Waals surface area contributed by atoms with Crippen LogP contribution in [-0.2, 0) is 0 Å². The van der Waals surface area contributed by atoms with E-state index in [-0.39, 0.29) is 0 Å². The molecule has 5 heteroatoms. The topological polar surface area (TPSA) is 58.9 Å². The van der Waals surface area contributed by atoms with Gasteiger partial charge in [-0.15, -0.1) is 10.2 Å². The summed E-state index contributed by atoms with van der Waals surface area (Å²) in [5, 5.41) is 18.4. The molecule has 1 N–H and O–H groups in total. The summed E-state index contributed by atoms with van der Waals surface area (Å²) in [6.45, 7) is 1.67. The van der Waals surface area contributed by atoms with Crippen LogP contribution in [0.5, 0.6) is 0 Å². The molecule has 0 spiro atoms. The summed E-state index contributed by atoms with van der Waals surface area (Å²) in [5.74, 6) is 0. The molecule has 0 saturated heterocycles. The molecule has 2 heterocycles. The van der Waals surface area contributed by atoms with Crippen molar-refractivity contribution in [3.63, 3.8) is 0 Å². The fraction of sp³-hybridized carbons (Fsp3) is 0.222. The van der Waals surface area contributed by atoms with E-state index < -0.39 is 6.10 Å². The number of aliphatic hydroxyl groups excluding tert-OH is 1. The largest absolute Gasteiger partial charge is 0.386 e. The van der Waals surface area contributed by atoms with Crippen LogP contribution in [0.4, 0.5) is 0 Å². The first kappa shape index (κ1) is 9.23. The Hall–Kier alpha value is -1.33. The molecular formula is C9H9N3OS. The third kappa shape index (κ3) is 1.78. The molecular weight excluding hydrogens is 198 g/mol. The van der Waals surface area contributed by atoms with Crippen LogP contribution in [0.15, 0.2) is 24.4 Å². The molecule has 0 aliphatic rings. The van der Waals surface area contributed by atoms with Gasteiger partial charge in [-0.1, -0.05) is 17.4 Å². The Balaban J connectivity index is 2.34. The molecule has 0 fully saturated rings. The van der Waals surface area contributed by atoms with Gasteiger partial charge < -0.3 is 5.11 Å². The smallest absolute Gasteiger partial charge is 0.166 e. The summed E-state index contributed by atoms with van der Waals surface area (Å²) in [6.07, 6.45) is 1.14. The molecule has 0 saturated carbocycles. The van der Waals surface area contributed by atoms with E-state index in [2.05, 4.69) is 15.2 Å². The quantitative estimate of drug-likeness (QED) is 0.813. The Morgan fingerprint density at radius 1 is 1.36 bits per heavy atom. The molecule has 72 valence electrons. The molecule has 0 aliphatic heterocycles. The number of nitrogens with zero attached hydrogens (tertiary/aromatic N) is 3. The van der Waals surface area contributed by atoms with Crippen LogP contribution in [0, 0.1) is 0 Å². The van der Waals surface area contributed by atoms with Gasteiger partial charge in [0.2, 0.25) is 0 Å². The lowest BCUT2D eigenvalue weighted by Crippen LogP contribution is -1.88. The van der Waals surface area contributed by atoms with Gasteiger partial charge in [-0.25, -0.2) is 0 Å². The van der Waals surface area contributed by atoms with Crippen molar-refractivity contribution in [3.8, 4) is 10.7 Å². The number of hydrogen-bond donors (Lipinski definition) is 1. The molecule has 2 rings (SSSR count). The van der Waals surface area contributed by atoms with Crippen molar-refractivity contribution >= 4 is 11.3 Å². The van der Waals surface area contributed by atoms with Crippen molar-refractivity contribution < 1.29 is 5.11 Å².